The fourth-order valence-electron chi connectivity index (χ4n) is 2.61. The lowest BCUT2D eigenvalue weighted by Crippen LogP contribution is -2.48. The predicted molar refractivity (Wildman–Crippen MR) is 80.9 cm³/mol. The molecule has 2 rings (SSSR count). The van der Waals surface area contributed by atoms with Gasteiger partial charge in [0.05, 0.1) is 5.69 Å². The lowest BCUT2D eigenvalue weighted by molar-refractivity contribution is -0.138. The number of rotatable bonds is 5. The van der Waals surface area contributed by atoms with E-state index in [1.54, 1.807) is 12.1 Å². The zero-order valence-corrected chi connectivity index (χ0v) is 13.6. The van der Waals surface area contributed by atoms with E-state index < -0.39 is 18.6 Å². The molecule has 1 fully saturated rings. The first-order valence-electron chi connectivity index (χ1n) is 7.66. The molecular formula is C16H22F3N3O. The summed E-state index contributed by atoms with van der Waals surface area (Å²) in [6.45, 7) is 5.70. The molecule has 128 valence electrons. The maximum Gasteiger partial charge on any atom is 0.406 e. The van der Waals surface area contributed by atoms with E-state index in [0.29, 0.717) is 29.0 Å². The molecule has 0 atom stereocenters. The number of aromatic nitrogens is 1. The second kappa shape index (κ2) is 6.86. The summed E-state index contributed by atoms with van der Waals surface area (Å²) < 4.78 is 37.1. The van der Waals surface area contributed by atoms with Crippen molar-refractivity contribution < 1.29 is 18.0 Å². The number of carbonyl (C=O) groups is 1. The fourth-order valence-corrected chi connectivity index (χ4v) is 2.61. The first kappa shape index (κ1) is 17.7. The molecule has 23 heavy (non-hydrogen) atoms. The van der Waals surface area contributed by atoms with Crippen LogP contribution in [0.25, 0.3) is 0 Å². The summed E-state index contributed by atoms with van der Waals surface area (Å²) in [6.07, 6.45) is -4.41. The molecule has 0 aromatic carbocycles. The van der Waals surface area contributed by atoms with Crippen molar-refractivity contribution in [2.24, 2.45) is 11.8 Å². The molecule has 0 spiro atoms. The van der Waals surface area contributed by atoms with Gasteiger partial charge in [-0.1, -0.05) is 19.9 Å². The number of likely N-dealkylation sites (tertiary alicyclic amines) is 1. The summed E-state index contributed by atoms with van der Waals surface area (Å²) in [4.78, 5) is 19.1. The third-order valence-electron chi connectivity index (χ3n) is 4.10. The molecule has 0 aliphatic carbocycles. The minimum atomic E-state index is -4.41. The molecule has 0 N–H and O–H groups in total. The van der Waals surface area contributed by atoms with E-state index in [4.69, 9.17) is 0 Å². The molecule has 1 aromatic rings. The minimum absolute atomic E-state index is 0.0511. The van der Waals surface area contributed by atoms with E-state index in [2.05, 4.69) is 23.7 Å². The van der Waals surface area contributed by atoms with Crippen molar-refractivity contribution in [1.82, 2.24) is 14.8 Å². The van der Waals surface area contributed by atoms with Crippen LogP contribution in [0.4, 0.5) is 13.2 Å². The summed E-state index contributed by atoms with van der Waals surface area (Å²) in [5, 5.41) is 0. The SMILES string of the molecule is CC(C)C1CN(Cc2cccc(C(=O)N(C)CC(F)(F)F)n2)C1. The van der Waals surface area contributed by atoms with Crippen LogP contribution in [0.2, 0.25) is 0 Å². The average molecular weight is 329 g/mol. The molecule has 1 amide bonds. The summed E-state index contributed by atoms with van der Waals surface area (Å²) >= 11 is 0. The van der Waals surface area contributed by atoms with Gasteiger partial charge in [-0.3, -0.25) is 9.69 Å². The van der Waals surface area contributed by atoms with Crippen molar-refractivity contribution in [3.05, 3.63) is 29.6 Å². The van der Waals surface area contributed by atoms with Gasteiger partial charge in [0.2, 0.25) is 0 Å². The fraction of sp³-hybridized carbons (Fsp3) is 0.625. The third kappa shape index (κ3) is 4.92. The number of pyridine rings is 1. The highest BCUT2D eigenvalue weighted by Gasteiger charge is 2.32. The Morgan fingerprint density at radius 2 is 2.04 bits per heavy atom. The van der Waals surface area contributed by atoms with Gasteiger partial charge in [-0.2, -0.15) is 13.2 Å². The maximum absolute atomic E-state index is 12.4. The van der Waals surface area contributed by atoms with Crippen LogP contribution in [0.1, 0.15) is 30.0 Å². The van der Waals surface area contributed by atoms with Crippen LogP contribution in [0.3, 0.4) is 0 Å². The quantitative estimate of drug-likeness (QED) is 0.833. The lowest BCUT2D eigenvalue weighted by atomic mass is 9.88. The Kier molecular flexibility index (Phi) is 5.29. The number of hydrogen-bond donors (Lipinski definition) is 0. The monoisotopic (exact) mass is 329 g/mol. The highest BCUT2D eigenvalue weighted by atomic mass is 19.4. The van der Waals surface area contributed by atoms with E-state index >= 15 is 0 Å². The molecule has 4 nitrogen and oxygen atoms in total. The highest BCUT2D eigenvalue weighted by molar-refractivity contribution is 5.92. The molecular weight excluding hydrogens is 307 g/mol. The van der Waals surface area contributed by atoms with Gasteiger partial charge in [-0.15, -0.1) is 0 Å². The number of nitrogens with zero attached hydrogens (tertiary/aromatic N) is 3. The van der Waals surface area contributed by atoms with E-state index in [-0.39, 0.29) is 5.69 Å². The Hall–Kier alpha value is -1.63. The molecule has 7 heteroatoms. The van der Waals surface area contributed by atoms with Crippen molar-refractivity contribution in [3.8, 4) is 0 Å². The number of carbonyl (C=O) groups excluding carboxylic acids is 1. The van der Waals surface area contributed by atoms with Crippen molar-refractivity contribution in [3.63, 3.8) is 0 Å². The molecule has 1 saturated heterocycles. The Morgan fingerprint density at radius 1 is 1.39 bits per heavy atom. The van der Waals surface area contributed by atoms with Crippen molar-refractivity contribution in [2.45, 2.75) is 26.6 Å². The molecule has 2 heterocycles. The van der Waals surface area contributed by atoms with Gasteiger partial charge in [0.15, 0.2) is 0 Å². The number of hydrogen-bond acceptors (Lipinski definition) is 3. The first-order chi connectivity index (χ1) is 10.7. The summed E-state index contributed by atoms with van der Waals surface area (Å²) in [5.41, 5.74) is 0.758. The van der Waals surface area contributed by atoms with E-state index in [9.17, 15) is 18.0 Å². The smallest absolute Gasteiger partial charge is 0.331 e. The molecule has 0 saturated carbocycles. The van der Waals surface area contributed by atoms with Gasteiger partial charge in [-0.05, 0) is 24.0 Å². The summed E-state index contributed by atoms with van der Waals surface area (Å²) in [7, 11) is 1.13. The normalized spacial score (nSPS) is 16.5. The minimum Gasteiger partial charge on any atom is -0.331 e. The Morgan fingerprint density at radius 3 is 2.61 bits per heavy atom. The Bertz CT molecular complexity index is 554. The largest absolute Gasteiger partial charge is 0.406 e. The molecule has 0 bridgehead atoms. The molecule has 1 aliphatic rings. The van der Waals surface area contributed by atoms with Crippen LogP contribution in [0.5, 0.6) is 0 Å². The standard InChI is InChI=1S/C16H22F3N3O/c1-11(2)12-7-22(8-12)9-13-5-4-6-14(20-13)15(23)21(3)10-16(17,18)19/h4-6,11-12H,7-10H2,1-3H3. The van der Waals surface area contributed by atoms with Gasteiger partial charge >= 0.3 is 6.18 Å². The van der Waals surface area contributed by atoms with Crippen LogP contribution in [-0.4, -0.2) is 53.5 Å². The third-order valence-corrected chi connectivity index (χ3v) is 4.10. The van der Waals surface area contributed by atoms with Crippen LogP contribution >= 0.6 is 0 Å². The molecule has 1 aromatic heterocycles. The van der Waals surface area contributed by atoms with Gasteiger partial charge < -0.3 is 4.90 Å². The van der Waals surface area contributed by atoms with Gasteiger partial charge in [0.1, 0.15) is 12.2 Å². The average Bonchev–Trinajstić information content (AvgIpc) is 2.39. The summed E-state index contributed by atoms with van der Waals surface area (Å²) in [5.74, 6) is 0.605. The van der Waals surface area contributed by atoms with Crippen LogP contribution in [0, 0.1) is 11.8 Å². The topological polar surface area (TPSA) is 36.4 Å². The van der Waals surface area contributed by atoms with Gasteiger partial charge in [0.25, 0.3) is 5.91 Å². The van der Waals surface area contributed by atoms with Crippen molar-refractivity contribution in [2.75, 3.05) is 26.7 Å². The maximum atomic E-state index is 12.4. The van der Waals surface area contributed by atoms with Crippen molar-refractivity contribution >= 4 is 5.91 Å². The zero-order valence-electron chi connectivity index (χ0n) is 13.6. The number of alkyl halides is 3. The van der Waals surface area contributed by atoms with E-state index in [1.807, 2.05) is 0 Å². The number of amides is 1. The van der Waals surface area contributed by atoms with Gasteiger partial charge in [0, 0.05) is 26.7 Å². The zero-order chi connectivity index (χ0) is 17.2. The van der Waals surface area contributed by atoms with Crippen LogP contribution in [0.15, 0.2) is 18.2 Å². The molecule has 1 aliphatic heterocycles. The second-order valence-corrected chi connectivity index (χ2v) is 6.49. The second-order valence-electron chi connectivity index (χ2n) is 6.49. The predicted octanol–water partition coefficient (Wildman–Crippen LogP) is 2.80. The lowest BCUT2D eigenvalue weighted by Gasteiger charge is -2.41. The Balaban J connectivity index is 1.96. The van der Waals surface area contributed by atoms with Crippen LogP contribution in [-0.2, 0) is 6.54 Å². The van der Waals surface area contributed by atoms with Gasteiger partial charge in [-0.25, -0.2) is 4.98 Å². The summed E-state index contributed by atoms with van der Waals surface area (Å²) in [6, 6.07) is 4.91. The Labute approximate surface area is 134 Å². The molecule has 0 radical (unpaired) electrons. The van der Waals surface area contributed by atoms with E-state index in [1.165, 1.54) is 6.07 Å². The highest BCUT2D eigenvalue weighted by Crippen LogP contribution is 2.24. The number of halogens is 3. The molecule has 0 unspecified atom stereocenters. The van der Waals surface area contributed by atoms with E-state index in [0.717, 1.165) is 20.1 Å². The van der Waals surface area contributed by atoms with Crippen molar-refractivity contribution in [1.29, 1.82) is 0 Å². The first-order valence-corrected chi connectivity index (χ1v) is 7.66. The van der Waals surface area contributed by atoms with Crippen LogP contribution < -0.4 is 0 Å².